The van der Waals surface area contributed by atoms with Crippen LogP contribution in [0.3, 0.4) is 0 Å². The largest absolute Gasteiger partial charge is 0.476 e. The van der Waals surface area contributed by atoms with E-state index in [4.69, 9.17) is 9.84 Å². The summed E-state index contributed by atoms with van der Waals surface area (Å²) in [6.45, 7) is 0.788. The highest BCUT2D eigenvalue weighted by molar-refractivity contribution is 5.76. The third-order valence-electron chi connectivity index (χ3n) is 2.52. The van der Waals surface area contributed by atoms with Gasteiger partial charge in [0.05, 0.1) is 12.9 Å². The fourth-order valence-electron chi connectivity index (χ4n) is 1.58. The minimum Gasteiger partial charge on any atom is -0.476 e. The minimum absolute atomic E-state index is 0.224. The second-order valence-electron chi connectivity index (χ2n) is 3.84. The molecule has 0 saturated heterocycles. The van der Waals surface area contributed by atoms with Crippen LogP contribution >= 0.6 is 0 Å². The summed E-state index contributed by atoms with van der Waals surface area (Å²) >= 11 is 0. The first-order valence-electron chi connectivity index (χ1n) is 5.97. The third-order valence-corrected chi connectivity index (χ3v) is 2.52. The average Bonchev–Trinajstić information content (AvgIpc) is 2.86. The van der Waals surface area contributed by atoms with Crippen LogP contribution in [0.1, 0.15) is 19.3 Å². The number of ether oxygens (including phenoxy) is 1. The van der Waals surface area contributed by atoms with Crippen LogP contribution < -0.4 is 10.1 Å². The second kappa shape index (κ2) is 6.15. The Bertz CT molecular complexity index is 499. The average molecular weight is 251 g/mol. The van der Waals surface area contributed by atoms with Gasteiger partial charge in [0, 0.05) is 13.7 Å². The smallest absolute Gasteiger partial charge is 0.245 e. The summed E-state index contributed by atoms with van der Waals surface area (Å²) in [6, 6.07) is 0. The van der Waals surface area contributed by atoms with Crippen LogP contribution in [0.15, 0.2) is 6.33 Å². The van der Waals surface area contributed by atoms with Crippen molar-refractivity contribution in [1.82, 2.24) is 19.9 Å². The Morgan fingerprint density at radius 3 is 3.00 bits per heavy atom. The number of hydrogen-bond acceptors (Lipinski definition) is 6. The molecule has 2 aromatic heterocycles. The molecule has 0 aromatic carbocycles. The summed E-state index contributed by atoms with van der Waals surface area (Å²) in [5, 5.41) is 11.6. The first-order valence-corrected chi connectivity index (χ1v) is 5.97. The fraction of sp³-hybridized carbons (Fsp3) is 0.545. The highest BCUT2D eigenvalue weighted by Crippen LogP contribution is 2.20. The van der Waals surface area contributed by atoms with E-state index in [1.165, 1.54) is 0 Å². The number of aromatic amines is 1. The number of hydrogen-bond donors (Lipinski definition) is 3. The quantitative estimate of drug-likeness (QED) is 0.634. The van der Waals surface area contributed by atoms with Gasteiger partial charge in [0.15, 0.2) is 5.65 Å². The van der Waals surface area contributed by atoms with Gasteiger partial charge in [-0.3, -0.25) is 0 Å². The zero-order chi connectivity index (χ0) is 12.8. The molecule has 3 N–H and O–H groups in total. The van der Waals surface area contributed by atoms with E-state index in [0.29, 0.717) is 29.6 Å². The summed E-state index contributed by atoms with van der Waals surface area (Å²) in [7, 11) is 1.75. The summed E-state index contributed by atoms with van der Waals surface area (Å²) in [4.78, 5) is 15.5. The Labute approximate surface area is 105 Å². The second-order valence-corrected chi connectivity index (χ2v) is 3.84. The molecule has 0 aliphatic rings. The Morgan fingerprint density at radius 1 is 1.33 bits per heavy atom. The zero-order valence-corrected chi connectivity index (χ0v) is 10.3. The first kappa shape index (κ1) is 12.6. The number of fused-ring (bicyclic) bond motifs is 1. The van der Waals surface area contributed by atoms with E-state index in [1.54, 1.807) is 13.4 Å². The molecule has 2 heterocycles. The van der Waals surface area contributed by atoms with Crippen LogP contribution in [-0.4, -0.2) is 45.3 Å². The van der Waals surface area contributed by atoms with E-state index in [0.717, 1.165) is 19.3 Å². The predicted octanol–water partition coefficient (Wildman–Crippen LogP) is 0.936. The summed E-state index contributed by atoms with van der Waals surface area (Å²) in [5.41, 5.74) is 1.29. The molecule has 18 heavy (non-hydrogen) atoms. The van der Waals surface area contributed by atoms with Crippen molar-refractivity contribution in [2.75, 3.05) is 25.6 Å². The molecule has 0 saturated carbocycles. The van der Waals surface area contributed by atoms with Crippen molar-refractivity contribution < 1.29 is 9.84 Å². The molecule has 0 spiro atoms. The summed E-state index contributed by atoms with van der Waals surface area (Å²) in [6.07, 6.45) is 4.19. The number of nitrogens with zero attached hydrogens (tertiary/aromatic N) is 3. The summed E-state index contributed by atoms with van der Waals surface area (Å²) in [5.74, 6) is 0.991. The molecule has 7 heteroatoms. The SMILES string of the molecule is CNc1nc(OCCCCCO)c2[nH]cnc2n1. The van der Waals surface area contributed by atoms with Crippen molar-refractivity contribution in [1.29, 1.82) is 0 Å². The molecule has 2 aromatic rings. The van der Waals surface area contributed by atoms with E-state index in [1.807, 2.05) is 0 Å². The molecule has 0 aliphatic heterocycles. The molecule has 7 nitrogen and oxygen atoms in total. The number of imidazole rings is 1. The maximum atomic E-state index is 8.68. The highest BCUT2D eigenvalue weighted by atomic mass is 16.5. The lowest BCUT2D eigenvalue weighted by molar-refractivity contribution is 0.263. The van der Waals surface area contributed by atoms with Crippen LogP contribution in [0.5, 0.6) is 5.88 Å². The van der Waals surface area contributed by atoms with E-state index in [-0.39, 0.29) is 6.61 Å². The van der Waals surface area contributed by atoms with Gasteiger partial charge in [-0.1, -0.05) is 0 Å². The number of H-pyrrole nitrogens is 1. The molecule has 98 valence electrons. The van der Waals surface area contributed by atoms with E-state index < -0.39 is 0 Å². The number of aliphatic hydroxyl groups excluding tert-OH is 1. The number of rotatable bonds is 7. The third kappa shape index (κ3) is 2.86. The van der Waals surface area contributed by atoms with E-state index >= 15 is 0 Å². The molecule has 0 fully saturated rings. The maximum Gasteiger partial charge on any atom is 0.245 e. The van der Waals surface area contributed by atoms with Gasteiger partial charge in [0.1, 0.15) is 5.52 Å². The standard InChI is InChI=1S/C11H17N5O2/c1-12-11-15-9-8(13-7-14-9)10(16-11)18-6-4-2-3-5-17/h7,17H,2-6H2,1H3,(H2,12,13,14,15,16). The van der Waals surface area contributed by atoms with E-state index in [9.17, 15) is 0 Å². The lowest BCUT2D eigenvalue weighted by atomic mass is 10.2. The molecule has 0 amide bonds. The first-order chi connectivity index (χ1) is 8.85. The van der Waals surface area contributed by atoms with Crippen LogP contribution in [-0.2, 0) is 0 Å². The van der Waals surface area contributed by atoms with Crippen molar-refractivity contribution in [2.24, 2.45) is 0 Å². The van der Waals surface area contributed by atoms with Crippen LogP contribution in [0.4, 0.5) is 5.95 Å². The molecule has 0 radical (unpaired) electrons. The number of aromatic nitrogens is 4. The topological polar surface area (TPSA) is 96.0 Å². The molecular weight excluding hydrogens is 234 g/mol. The maximum absolute atomic E-state index is 8.68. The minimum atomic E-state index is 0.224. The van der Waals surface area contributed by atoms with Gasteiger partial charge in [0.25, 0.3) is 0 Å². The van der Waals surface area contributed by atoms with Crippen molar-refractivity contribution in [3.05, 3.63) is 6.33 Å². The Balaban J connectivity index is 2.04. The lowest BCUT2D eigenvalue weighted by Gasteiger charge is -2.07. The van der Waals surface area contributed by atoms with Gasteiger partial charge in [-0.25, -0.2) is 4.98 Å². The van der Waals surface area contributed by atoms with Crippen molar-refractivity contribution in [3.63, 3.8) is 0 Å². The van der Waals surface area contributed by atoms with Crippen molar-refractivity contribution >= 4 is 17.1 Å². The Hall–Kier alpha value is -1.89. The number of aliphatic hydroxyl groups is 1. The van der Waals surface area contributed by atoms with Crippen molar-refractivity contribution in [3.8, 4) is 5.88 Å². The molecule has 0 aliphatic carbocycles. The van der Waals surface area contributed by atoms with Crippen LogP contribution in [0, 0.1) is 0 Å². The van der Waals surface area contributed by atoms with Gasteiger partial charge in [0.2, 0.25) is 11.8 Å². The van der Waals surface area contributed by atoms with Gasteiger partial charge in [-0.2, -0.15) is 9.97 Å². The van der Waals surface area contributed by atoms with Crippen LogP contribution in [0.2, 0.25) is 0 Å². The van der Waals surface area contributed by atoms with Crippen molar-refractivity contribution in [2.45, 2.75) is 19.3 Å². The molecule has 0 bridgehead atoms. The monoisotopic (exact) mass is 251 g/mol. The highest BCUT2D eigenvalue weighted by Gasteiger charge is 2.10. The van der Waals surface area contributed by atoms with Gasteiger partial charge < -0.3 is 20.1 Å². The normalized spacial score (nSPS) is 10.8. The molecular formula is C11H17N5O2. The van der Waals surface area contributed by atoms with E-state index in [2.05, 4.69) is 25.3 Å². The van der Waals surface area contributed by atoms with Crippen LogP contribution in [0.25, 0.3) is 11.2 Å². The number of anilines is 1. The van der Waals surface area contributed by atoms with Gasteiger partial charge in [-0.05, 0) is 19.3 Å². The zero-order valence-electron chi connectivity index (χ0n) is 10.3. The lowest BCUT2D eigenvalue weighted by Crippen LogP contribution is -2.04. The fourth-order valence-corrected chi connectivity index (χ4v) is 1.58. The summed E-state index contributed by atoms with van der Waals surface area (Å²) < 4.78 is 5.62. The molecule has 2 rings (SSSR count). The van der Waals surface area contributed by atoms with Gasteiger partial charge >= 0.3 is 0 Å². The van der Waals surface area contributed by atoms with Gasteiger partial charge in [-0.15, -0.1) is 0 Å². The molecule has 0 atom stereocenters. The number of unbranched alkanes of at least 4 members (excludes halogenated alkanes) is 2. The predicted molar refractivity (Wildman–Crippen MR) is 67.7 cm³/mol. The Morgan fingerprint density at radius 2 is 2.22 bits per heavy atom. The number of nitrogens with one attached hydrogen (secondary N) is 2. The Kier molecular flexibility index (Phi) is 4.30. The molecule has 0 unspecified atom stereocenters.